The van der Waals surface area contributed by atoms with Crippen molar-refractivity contribution in [1.29, 1.82) is 0 Å². The topological polar surface area (TPSA) is 58.9 Å². The normalized spacial score (nSPS) is 18.9. The molecule has 2 aromatic rings. The molecular weight excluding hydrogens is 280 g/mol. The highest BCUT2D eigenvalue weighted by Crippen LogP contribution is 2.47. The number of rotatable bonds is 4. The largest absolute Gasteiger partial charge is 0.468 e. The zero-order valence-corrected chi connectivity index (χ0v) is 12.0. The number of hydrogen-bond donors (Lipinski definition) is 2. The van der Waals surface area contributed by atoms with Crippen molar-refractivity contribution in [2.45, 2.75) is 12.5 Å². The molecule has 0 amide bonds. The summed E-state index contributed by atoms with van der Waals surface area (Å²) in [4.78, 5) is 0. The van der Waals surface area contributed by atoms with Crippen LogP contribution in [-0.2, 0) is 15.9 Å². The van der Waals surface area contributed by atoms with Crippen LogP contribution in [0.25, 0.3) is 16.3 Å². The van der Waals surface area contributed by atoms with Crippen LogP contribution in [0.2, 0.25) is 0 Å². The predicted octanol–water partition coefficient (Wildman–Crippen LogP) is 2.65. The molecule has 0 heterocycles. The van der Waals surface area contributed by atoms with Gasteiger partial charge in [0.1, 0.15) is 18.7 Å². The predicted molar refractivity (Wildman–Crippen MR) is 82.8 cm³/mol. The monoisotopic (exact) mass is 296 g/mol. The van der Waals surface area contributed by atoms with Gasteiger partial charge in [0.05, 0.1) is 0 Å². The van der Waals surface area contributed by atoms with Crippen molar-refractivity contribution >= 4 is 16.3 Å². The Morgan fingerprint density at radius 3 is 2.82 bits per heavy atom. The minimum Gasteiger partial charge on any atom is -0.468 e. The lowest BCUT2D eigenvalue weighted by Gasteiger charge is -2.31. The van der Waals surface area contributed by atoms with Crippen LogP contribution in [0.3, 0.4) is 0 Å². The van der Waals surface area contributed by atoms with Crippen LogP contribution >= 0.6 is 0 Å². The summed E-state index contributed by atoms with van der Waals surface area (Å²) in [6, 6.07) is 10.3. The Bertz CT molecular complexity index is 804. The molecule has 2 N–H and O–H groups in total. The van der Waals surface area contributed by atoms with Gasteiger partial charge in [-0.2, -0.15) is 0 Å². The van der Waals surface area contributed by atoms with E-state index in [1.165, 1.54) is 5.56 Å². The van der Waals surface area contributed by atoms with Crippen LogP contribution < -0.4 is 0 Å². The first-order valence-corrected chi connectivity index (χ1v) is 7.27. The average Bonchev–Trinajstić information content (AvgIpc) is 2.56. The van der Waals surface area contributed by atoms with Gasteiger partial charge in [0, 0.05) is 5.57 Å². The van der Waals surface area contributed by atoms with E-state index in [2.05, 4.69) is 24.3 Å². The third-order valence-corrected chi connectivity index (χ3v) is 4.30. The van der Waals surface area contributed by atoms with E-state index in [1.54, 1.807) is 0 Å². The molecule has 0 saturated carbocycles. The molecule has 2 aliphatic carbocycles. The van der Waals surface area contributed by atoms with Gasteiger partial charge in [0.15, 0.2) is 6.79 Å². The first-order valence-electron chi connectivity index (χ1n) is 7.27. The molecule has 2 aromatic carbocycles. The lowest BCUT2D eigenvalue weighted by atomic mass is 9.80. The van der Waals surface area contributed by atoms with Gasteiger partial charge >= 0.3 is 0 Å². The van der Waals surface area contributed by atoms with Gasteiger partial charge in [-0.05, 0) is 33.9 Å². The van der Waals surface area contributed by atoms with E-state index in [-0.39, 0.29) is 0 Å². The van der Waals surface area contributed by atoms with Crippen LogP contribution in [0.4, 0.5) is 0 Å². The standard InChI is InChI=1S/C18H16O4/c19-9-21-17-13-5-1-3-11-7-8-12-4-2-6-14(16(12)15(11)13)18(17)22-10-20/h1-3,5-8,17,19-20H,4,9-10H2. The summed E-state index contributed by atoms with van der Waals surface area (Å²) in [5, 5.41) is 20.8. The summed E-state index contributed by atoms with van der Waals surface area (Å²) in [6.45, 7) is -0.837. The van der Waals surface area contributed by atoms with E-state index < -0.39 is 19.7 Å². The van der Waals surface area contributed by atoms with Gasteiger partial charge in [-0.25, -0.2) is 0 Å². The van der Waals surface area contributed by atoms with E-state index in [4.69, 9.17) is 9.47 Å². The van der Waals surface area contributed by atoms with Crippen molar-refractivity contribution in [3.63, 3.8) is 0 Å². The number of allylic oxidation sites excluding steroid dienone is 3. The molecule has 1 atom stereocenters. The van der Waals surface area contributed by atoms with Crippen molar-refractivity contribution in [3.05, 3.63) is 64.9 Å². The first-order chi connectivity index (χ1) is 10.8. The van der Waals surface area contributed by atoms with E-state index in [0.29, 0.717) is 5.76 Å². The molecule has 0 bridgehead atoms. The Morgan fingerprint density at radius 1 is 1.09 bits per heavy atom. The van der Waals surface area contributed by atoms with Crippen LogP contribution in [0.15, 0.2) is 48.2 Å². The number of benzene rings is 2. The molecule has 0 spiro atoms. The molecule has 0 saturated heterocycles. The third-order valence-electron chi connectivity index (χ3n) is 4.30. The van der Waals surface area contributed by atoms with Gasteiger partial charge in [-0.15, -0.1) is 0 Å². The average molecular weight is 296 g/mol. The van der Waals surface area contributed by atoms with Crippen molar-refractivity contribution in [2.75, 3.05) is 13.6 Å². The van der Waals surface area contributed by atoms with Crippen LogP contribution in [0.5, 0.6) is 0 Å². The Morgan fingerprint density at radius 2 is 2.00 bits per heavy atom. The number of aliphatic hydroxyl groups excluding tert-OH is 2. The minimum atomic E-state index is -0.513. The highest BCUT2D eigenvalue weighted by molar-refractivity contribution is 6.03. The molecule has 1 unspecified atom stereocenters. The SMILES string of the molecule is OCOC1=C2C=CCc3ccc4cccc(c4c32)C1OCO. The zero-order valence-electron chi connectivity index (χ0n) is 12.0. The highest BCUT2D eigenvalue weighted by Gasteiger charge is 2.32. The van der Waals surface area contributed by atoms with Gasteiger partial charge in [0.25, 0.3) is 0 Å². The van der Waals surface area contributed by atoms with Crippen molar-refractivity contribution in [3.8, 4) is 0 Å². The maximum Gasteiger partial charge on any atom is 0.186 e. The molecule has 2 aliphatic rings. The second-order valence-electron chi connectivity index (χ2n) is 5.38. The quantitative estimate of drug-likeness (QED) is 0.852. The van der Waals surface area contributed by atoms with Crippen LogP contribution in [-0.4, -0.2) is 23.8 Å². The number of hydrogen-bond acceptors (Lipinski definition) is 4. The van der Waals surface area contributed by atoms with Crippen molar-refractivity contribution < 1.29 is 19.7 Å². The Labute approximate surface area is 127 Å². The molecule has 0 radical (unpaired) electrons. The molecule has 0 aromatic heterocycles. The van der Waals surface area contributed by atoms with Gasteiger partial charge < -0.3 is 19.7 Å². The molecule has 22 heavy (non-hydrogen) atoms. The fourth-order valence-corrected chi connectivity index (χ4v) is 3.48. The lowest BCUT2D eigenvalue weighted by molar-refractivity contribution is -0.0710. The highest BCUT2D eigenvalue weighted by atomic mass is 16.6. The molecule has 4 heteroatoms. The van der Waals surface area contributed by atoms with Gasteiger partial charge in [-0.1, -0.05) is 42.5 Å². The fourth-order valence-electron chi connectivity index (χ4n) is 3.48. The van der Waals surface area contributed by atoms with Crippen molar-refractivity contribution in [1.82, 2.24) is 0 Å². The summed E-state index contributed by atoms with van der Waals surface area (Å²) in [5.74, 6) is 0.556. The lowest BCUT2D eigenvalue weighted by Crippen LogP contribution is -2.19. The smallest absolute Gasteiger partial charge is 0.186 e. The fraction of sp³-hybridized carbons (Fsp3) is 0.222. The zero-order chi connectivity index (χ0) is 15.1. The summed E-state index contributed by atoms with van der Waals surface area (Å²) in [5.41, 5.74) is 4.28. The Balaban J connectivity index is 2.09. The van der Waals surface area contributed by atoms with Crippen LogP contribution in [0.1, 0.15) is 22.8 Å². The number of ether oxygens (including phenoxy) is 2. The van der Waals surface area contributed by atoms with E-state index >= 15 is 0 Å². The second-order valence-corrected chi connectivity index (χ2v) is 5.38. The molecule has 4 nitrogen and oxygen atoms in total. The number of aliphatic hydroxyl groups is 2. The molecule has 112 valence electrons. The van der Waals surface area contributed by atoms with E-state index in [9.17, 15) is 10.2 Å². The minimum absolute atomic E-state index is 0.411. The first kappa shape index (κ1) is 13.5. The maximum absolute atomic E-state index is 9.25. The summed E-state index contributed by atoms with van der Waals surface area (Å²) >= 11 is 0. The van der Waals surface area contributed by atoms with E-state index in [1.807, 2.05) is 18.2 Å². The van der Waals surface area contributed by atoms with Crippen LogP contribution in [0, 0.1) is 0 Å². The molecule has 4 rings (SSSR count). The Kier molecular flexibility index (Phi) is 3.22. The second kappa shape index (κ2) is 5.25. The molecular formula is C18H16O4. The van der Waals surface area contributed by atoms with E-state index in [0.717, 1.165) is 33.9 Å². The van der Waals surface area contributed by atoms with Crippen molar-refractivity contribution in [2.24, 2.45) is 0 Å². The summed E-state index contributed by atoms with van der Waals surface area (Å²) < 4.78 is 11.0. The third kappa shape index (κ3) is 1.82. The summed E-state index contributed by atoms with van der Waals surface area (Å²) in [7, 11) is 0. The summed E-state index contributed by atoms with van der Waals surface area (Å²) in [6.07, 6.45) is 4.45. The Hall–Kier alpha value is -2.14. The molecule has 0 aliphatic heterocycles. The van der Waals surface area contributed by atoms with Gasteiger partial charge in [-0.3, -0.25) is 0 Å². The maximum atomic E-state index is 9.25. The van der Waals surface area contributed by atoms with Gasteiger partial charge in [0.2, 0.25) is 0 Å². The molecule has 0 fully saturated rings.